The second-order valence-electron chi connectivity index (χ2n) is 5.98. The van der Waals surface area contributed by atoms with E-state index in [-0.39, 0.29) is 0 Å². The highest BCUT2D eigenvalue weighted by atomic mass is 16.5. The Hall–Kier alpha value is -0.835. The van der Waals surface area contributed by atoms with E-state index < -0.39 is 11.2 Å². The SMILES string of the molecule is CNC(C)c1ccc([B]OC(C)(C)C(C)(C)O)cc1. The van der Waals surface area contributed by atoms with Crippen LogP contribution < -0.4 is 10.8 Å². The van der Waals surface area contributed by atoms with Crippen LogP contribution in [0.25, 0.3) is 0 Å². The van der Waals surface area contributed by atoms with Gasteiger partial charge in [-0.2, -0.15) is 0 Å². The molecule has 1 unspecified atom stereocenters. The maximum absolute atomic E-state index is 10.0. The third-order valence-corrected chi connectivity index (χ3v) is 3.83. The fourth-order valence-electron chi connectivity index (χ4n) is 1.39. The van der Waals surface area contributed by atoms with Gasteiger partial charge in [0.15, 0.2) is 0 Å². The van der Waals surface area contributed by atoms with Crippen LogP contribution >= 0.6 is 0 Å². The van der Waals surface area contributed by atoms with Crippen molar-refractivity contribution in [2.75, 3.05) is 7.05 Å². The number of rotatable bonds is 6. The van der Waals surface area contributed by atoms with Gasteiger partial charge >= 0.3 is 7.48 Å². The summed E-state index contributed by atoms with van der Waals surface area (Å²) in [5, 5.41) is 13.2. The van der Waals surface area contributed by atoms with Crippen molar-refractivity contribution in [1.82, 2.24) is 5.32 Å². The van der Waals surface area contributed by atoms with Gasteiger partial charge < -0.3 is 15.1 Å². The average molecular weight is 262 g/mol. The van der Waals surface area contributed by atoms with Gasteiger partial charge in [-0.3, -0.25) is 0 Å². The van der Waals surface area contributed by atoms with Crippen LogP contribution in [0.4, 0.5) is 0 Å². The van der Waals surface area contributed by atoms with Crippen LogP contribution in [0.3, 0.4) is 0 Å². The lowest BCUT2D eigenvalue weighted by molar-refractivity contribution is -0.0893. The van der Waals surface area contributed by atoms with Crippen molar-refractivity contribution in [2.45, 2.75) is 51.9 Å². The first-order valence-electron chi connectivity index (χ1n) is 6.68. The third kappa shape index (κ3) is 4.34. The Morgan fingerprint density at radius 3 is 2.11 bits per heavy atom. The lowest BCUT2D eigenvalue weighted by atomic mass is 9.82. The van der Waals surface area contributed by atoms with E-state index in [0.29, 0.717) is 6.04 Å². The largest absolute Gasteiger partial charge is 0.427 e. The molecule has 0 aliphatic rings. The molecule has 1 aromatic rings. The van der Waals surface area contributed by atoms with E-state index in [4.69, 9.17) is 4.65 Å². The van der Waals surface area contributed by atoms with E-state index in [1.807, 2.05) is 33.0 Å². The molecule has 4 heteroatoms. The first-order valence-corrected chi connectivity index (χ1v) is 6.68. The molecular weight excluding hydrogens is 237 g/mol. The number of aliphatic hydroxyl groups is 1. The molecule has 0 saturated carbocycles. The third-order valence-electron chi connectivity index (χ3n) is 3.83. The number of benzene rings is 1. The zero-order valence-electron chi connectivity index (χ0n) is 12.8. The van der Waals surface area contributed by atoms with Crippen LogP contribution in [0.1, 0.15) is 46.2 Å². The Bertz CT molecular complexity index is 396. The second-order valence-corrected chi connectivity index (χ2v) is 5.98. The maximum Gasteiger partial charge on any atom is 0.330 e. The van der Waals surface area contributed by atoms with Crippen LogP contribution in [-0.4, -0.2) is 30.8 Å². The van der Waals surface area contributed by atoms with Gasteiger partial charge in [0.05, 0.1) is 11.2 Å². The molecule has 0 bridgehead atoms. The van der Waals surface area contributed by atoms with E-state index in [0.717, 1.165) is 5.46 Å². The van der Waals surface area contributed by atoms with Gasteiger partial charge in [-0.25, -0.2) is 0 Å². The topological polar surface area (TPSA) is 41.5 Å². The molecule has 2 N–H and O–H groups in total. The summed E-state index contributed by atoms with van der Waals surface area (Å²) in [4.78, 5) is 0. The summed E-state index contributed by atoms with van der Waals surface area (Å²) >= 11 is 0. The minimum absolute atomic E-state index is 0.336. The van der Waals surface area contributed by atoms with E-state index in [9.17, 15) is 5.11 Å². The van der Waals surface area contributed by atoms with Crippen molar-refractivity contribution in [2.24, 2.45) is 0 Å². The van der Waals surface area contributed by atoms with Gasteiger partial charge in [0.2, 0.25) is 0 Å². The van der Waals surface area contributed by atoms with Crippen LogP contribution in [0.15, 0.2) is 24.3 Å². The standard InChI is InChI=1S/C15H25BNO2/c1-11(17-6)12-7-9-13(10-8-12)16-19-15(4,5)14(2,3)18/h7-11,17-18H,1-6H3. The Balaban J connectivity index is 2.65. The Labute approximate surface area is 117 Å². The molecule has 0 saturated heterocycles. The van der Waals surface area contributed by atoms with E-state index in [2.05, 4.69) is 24.4 Å². The quantitative estimate of drug-likeness (QED) is 0.768. The highest BCUT2D eigenvalue weighted by Gasteiger charge is 2.35. The number of nitrogens with one attached hydrogen (secondary N) is 1. The van der Waals surface area contributed by atoms with Crippen molar-refractivity contribution < 1.29 is 9.76 Å². The molecule has 0 heterocycles. The highest BCUT2D eigenvalue weighted by molar-refractivity contribution is 6.47. The van der Waals surface area contributed by atoms with Crippen molar-refractivity contribution >= 4 is 12.9 Å². The van der Waals surface area contributed by atoms with Crippen molar-refractivity contribution in [3.63, 3.8) is 0 Å². The first-order chi connectivity index (χ1) is 8.67. The monoisotopic (exact) mass is 262 g/mol. The van der Waals surface area contributed by atoms with Crippen molar-refractivity contribution in [3.05, 3.63) is 29.8 Å². The van der Waals surface area contributed by atoms with Gasteiger partial charge in [-0.1, -0.05) is 29.7 Å². The molecule has 1 radical (unpaired) electrons. The normalized spacial score (nSPS) is 14.3. The lowest BCUT2D eigenvalue weighted by Crippen LogP contribution is -2.49. The predicted molar refractivity (Wildman–Crippen MR) is 80.8 cm³/mol. The Kier molecular flexibility index (Phi) is 5.19. The average Bonchev–Trinajstić information content (AvgIpc) is 2.35. The minimum atomic E-state index is -0.899. The van der Waals surface area contributed by atoms with E-state index in [1.54, 1.807) is 21.3 Å². The summed E-state index contributed by atoms with van der Waals surface area (Å²) < 4.78 is 5.72. The van der Waals surface area contributed by atoms with Gasteiger partial charge in [-0.05, 0) is 47.2 Å². The summed E-state index contributed by atoms with van der Waals surface area (Å²) in [6.07, 6.45) is 0. The fourth-order valence-corrected chi connectivity index (χ4v) is 1.39. The van der Waals surface area contributed by atoms with E-state index >= 15 is 0 Å². The molecule has 19 heavy (non-hydrogen) atoms. The van der Waals surface area contributed by atoms with Gasteiger partial charge in [-0.15, -0.1) is 0 Å². The molecule has 3 nitrogen and oxygen atoms in total. The van der Waals surface area contributed by atoms with Gasteiger partial charge in [0.1, 0.15) is 0 Å². The molecule has 105 valence electrons. The summed E-state index contributed by atoms with van der Waals surface area (Å²) in [5.41, 5.74) is 0.694. The van der Waals surface area contributed by atoms with Gasteiger partial charge in [0.25, 0.3) is 0 Å². The fraction of sp³-hybridized carbons (Fsp3) is 0.600. The second kappa shape index (κ2) is 6.08. The molecule has 1 atom stereocenters. The summed E-state index contributed by atoms with van der Waals surface area (Å²) in [6, 6.07) is 8.52. The highest BCUT2D eigenvalue weighted by Crippen LogP contribution is 2.24. The zero-order chi connectivity index (χ0) is 14.7. The summed E-state index contributed by atoms with van der Waals surface area (Å²) in [6.45, 7) is 9.37. The Morgan fingerprint density at radius 1 is 1.16 bits per heavy atom. The maximum atomic E-state index is 10.0. The smallest absolute Gasteiger partial charge is 0.330 e. The minimum Gasteiger partial charge on any atom is -0.427 e. The molecule has 1 rings (SSSR count). The molecule has 0 spiro atoms. The molecule has 0 aromatic heterocycles. The molecule has 1 aromatic carbocycles. The zero-order valence-corrected chi connectivity index (χ0v) is 12.8. The molecule has 0 aliphatic carbocycles. The van der Waals surface area contributed by atoms with Gasteiger partial charge in [0, 0.05) is 6.04 Å². The van der Waals surface area contributed by atoms with Crippen LogP contribution in [0.2, 0.25) is 0 Å². The first kappa shape index (κ1) is 16.2. The molecule has 0 fully saturated rings. The molecular formula is C15H25BNO2. The van der Waals surface area contributed by atoms with Crippen LogP contribution in [0.5, 0.6) is 0 Å². The Morgan fingerprint density at radius 2 is 1.68 bits per heavy atom. The van der Waals surface area contributed by atoms with Crippen molar-refractivity contribution in [1.29, 1.82) is 0 Å². The summed E-state index contributed by atoms with van der Waals surface area (Å²) in [5.74, 6) is 0. The lowest BCUT2D eigenvalue weighted by Gasteiger charge is -2.37. The van der Waals surface area contributed by atoms with Crippen LogP contribution in [0, 0.1) is 0 Å². The predicted octanol–water partition coefficient (Wildman–Crippen LogP) is 1.78. The van der Waals surface area contributed by atoms with E-state index in [1.165, 1.54) is 5.56 Å². The summed E-state index contributed by atoms with van der Waals surface area (Å²) in [7, 11) is 3.64. The molecule has 0 amide bonds. The number of hydrogen-bond donors (Lipinski definition) is 2. The number of hydrogen-bond acceptors (Lipinski definition) is 3. The van der Waals surface area contributed by atoms with Crippen LogP contribution in [-0.2, 0) is 4.65 Å². The molecule has 0 aliphatic heterocycles. The van der Waals surface area contributed by atoms with Crippen molar-refractivity contribution in [3.8, 4) is 0 Å².